The number of hydrogen-bond acceptors (Lipinski definition) is 5. The second-order valence-electron chi connectivity index (χ2n) is 4.94. The monoisotopic (exact) mass is 298 g/mol. The largest absolute Gasteiger partial charge is 0.506 e. The zero-order valence-corrected chi connectivity index (χ0v) is 12.0. The predicted molar refractivity (Wildman–Crippen MR) is 75.5 cm³/mol. The third kappa shape index (κ3) is 3.49. The Morgan fingerprint density at radius 1 is 1.40 bits per heavy atom. The molecule has 1 aliphatic heterocycles. The van der Waals surface area contributed by atoms with Gasteiger partial charge in [-0.1, -0.05) is 6.42 Å². The number of nitrogens with one attached hydrogen (secondary N) is 2. The van der Waals surface area contributed by atoms with Gasteiger partial charge in [-0.05, 0) is 37.6 Å². The number of phenolic OH excluding ortho intramolecular Hbond substituents is 1. The number of piperidine rings is 1. The number of phenols is 1. The van der Waals surface area contributed by atoms with Crippen molar-refractivity contribution in [3.8, 4) is 5.75 Å². The van der Waals surface area contributed by atoms with Gasteiger partial charge in [0, 0.05) is 6.26 Å². The van der Waals surface area contributed by atoms with E-state index in [9.17, 15) is 18.3 Å². The second-order valence-corrected chi connectivity index (χ2v) is 6.96. The molecular weight excluding hydrogens is 280 g/mol. The zero-order valence-electron chi connectivity index (χ0n) is 11.2. The maximum absolute atomic E-state index is 12.0. The van der Waals surface area contributed by atoms with Crippen LogP contribution in [0.2, 0.25) is 0 Å². The number of aromatic hydroxyl groups is 1. The molecule has 1 heterocycles. The number of sulfone groups is 1. The molecule has 0 spiro atoms. The van der Waals surface area contributed by atoms with Gasteiger partial charge in [-0.2, -0.15) is 0 Å². The fraction of sp³-hybridized carbons (Fsp3) is 0.462. The molecule has 0 saturated carbocycles. The first kappa shape index (κ1) is 14.8. The number of amides is 1. The molecule has 0 aromatic heterocycles. The number of benzene rings is 1. The molecule has 1 atom stereocenters. The molecule has 0 bridgehead atoms. The quantitative estimate of drug-likeness (QED) is 0.720. The van der Waals surface area contributed by atoms with Crippen molar-refractivity contribution in [3.63, 3.8) is 0 Å². The van der Waals surface area contributed by atoms with Crippen LogP contribution in [0.15, 0.2) is 23.1 Å². The molecule has 6 nitrogen and oxygen atoms in total. The summed E-state index contributed by atoms with van der Waals surface area (Å²) in [5.41, 5.74) is 0.116. The van der Waals surface area contributed by atoms with E-state index in [1.165, 1.54) is 18.2 Å². The van der Waals surface area contributed by atoms with Gasteiger partial charge in [0.15, 0.2) is 9.84 Å². The molecule has 0 unspecified atom stereocenters. The predicted octanol–water partition coefficient (Wildman–Crippen LogP) is 0.876. The molecular formula is C13H18N2O4S. The fourth-order valence-corrected chi connectivity index (χ4v) is 2.79. The molecule has 0 aliphatic carbocycles. The minimum absolute atomic E-state index is 0.0576. The molecule has 20 heavy (non-hydrogen) atoms. The molecule has 1 amide bonds. The van der Waals surface area contributed by atoms with E-state index < -0.39 is 9.84 Å². The number of carbonyl (C=O) groups excluding carboxylic acids is 1. The number of rotatable bonds is 3. The highest BCUT2D eigenvalue weighted by atomic mass is 32.2. The van der Waals surface area contributed by atoms with Gasteiger partial charge in [-0.15, -0.1) is 0 Å². The maximum Gasteiger partial charge on any atom is 0.241 e. The van der Waals surface area contributed by atoms with Crippen molar-refractivity contribution in [2.24, 2.45) is 0 Å². The number of anilines is 1. The minimum atomic E-state index is -3.38. The van der Waals surface area contributed by atoms with Crippen LogP contribution in [0.4, 0.5) is 5.69 Å². The van der Waals surface area contributed by atoms with Crippen LogP contribution in [0, 0.1) is 0 Å². The average molecular weight is 298 g/mol. The van der Waals surface area contributed by atoms with E-state index in [1.54, 1.807) is 0 Å². The first-order valence-corrected chi connectivity index (χ1v) is 8.34. The summed E-state index contributed by atoms with van der Waals surface area (Å²) in [6.07, 6.45) is 3.82. The molecule has 1 aliphatic rings. The molecule has 1 fully saturated rings. The summed E-state index contributed by atoms with van der Waals surface area (Å²) in [4.78, 5) is 12.1. The number of carbonyl (C=O) groups is 1. The van der Waals surface area contributed by atoms with Crippen LogP contribution in [0.25, 0.3) is 0 Å². The van der Waals surface area contributed by atoms with Crippen molar-refractivity contribution in [2.75, 3.05) is 18.1 Å². The Balaban J connectivity index is 2.18. The normalized spacial score (nSPS) is 19.6. The second kappa shape index (κ2) is 5.80. The SMILES string of the molecule is CS(=O)(=O)c1ccc(O)c(NC(=O)[C@@H]2CCCCN2)c1. The zero-order chi connectivity index (χ0) is 14.8. The molecule has 7 heteroatoms. The van der Waals surface area contributed by atoms with Gasteiger partial charge in [0.05, 0.1) is 16.6 Å². The third-order valence-electron chi connectivity index (χ3n) is 3.28. The third-order valence-corrected chi connectivity index (χ3v) is 4.39. The van der Waals surface area contributed by atoms with Crippen molar-refractivity contribution in [1.29, 1.82) is 0 Å². The van der Waals surface area contributed by atoms with Crippen LogP contribution >= 0.6 is 0 Å². The lowest BCUT2D eigenvalue weighted by atomic mass is 10.0. The fourth-order valence-electron chi connectivity index (χ4n) is 2.14. The van der Waals surface area contributed by atoms with E-state index >= 15 is 0 Å². The lowest BCUT2D eigenvalue weighted by molar-refractivity contribution is -0.118. The van der Waals surface area contributed by atoms with Crippen molar-refractivity contribution in [2.45, 2.75) is 30.2 Å². The van der Waals surface area contributed by atoms with Crippen LogP contribution in [0.3, 0.4) is 0 Å². The number of hydrogen-bond donors (Lipinski definition) is 3. The maximum atomic E-state index is 12.0. The average Bonchev–Trinajstić information content (AvgIpc) is 2.41. The van der Waals surface area contributed by atoms with E-state index in [-0.39, 0.29) is 28.3 Å². The minimum Gasteiger partial charge on any atom is -0.506 e. The Labute approximate surface area is 118 Å². The molecule has 0 radical (unpaired) electrons. The van der Waals surface area contributed by atoms with E-state index in [0.717, 1.165) is 32.1 Å². The highest BCUT2D eigenvalue weighted by Crippen LogP contribution is 2.26. The lowest BCUT2D eigenvalue weighted by Gasteiger charge is -2.22. The molecule has 3 N–H and O–H groups in total. The van der Waals surface area contributed by atoms with Gasteiger partial charge in [0.1, 0.15) is 5.75 Å². The Hall–Kier alpha value is -1.60. The van der Waals surface area contributed by atoms with E-state index in [2.05, 4.69) is 10.6 Å². The van der Waals surface area contributed by atoms with Crippen LogP contribution in [0.1, 0.15) is 19.3 Å². The highest BCUT2D eigenvalue weighted by molar-refractivity contribution is 7.90. The molecule has 110 valence electrons. The Kier molecular flexibility index (Phi) is 4.29. The summed E-state index contributed by atoms with van der Waals surface area (Å²) in [6.45, 7) is 0.785. The summed E-state index contributed by atoms with van der Waals surface area (Å²) in [7, 11) is -3.38. The van der Waals surface area contributed by atoms with Crippen molar-refractivity contribution < 1.29 is 18.3 Å². The van der Waals surface area contributed by atoms with Crippen LogP contribution < -0.4 is 10.6 Å². The molecule has 1 aromatic rings. The van der Waals surface area contributed by atoms with Gasteiger partial charge in [-0.3, -0.25) is 4.79 Å². The van der Waals surface area contributed by atoms with Crippen LogP contribution in [0.5, 0.6) is 5.75 Å². The van der Waals surface area contributed by atoms with E-state index in [0.29, 0.717) is 0 Å². The van der Waals surface area contributed by atoms with Crippen LogP contribution in [-0.2, 0) is 14.6 Å². The smallest absolute Gasteiger partial charge is 0.241 e. The van der Waals surface area contributed by atoms with Crippen molar-refractivity contribution in [3.05, 3.63) is 18.2 Å². The van der Waals surface area contributed by atoms with E-state index in [4.69, 9.17) is 0 Å². The highest BCUT2D eigenvalue weighted by Gasteiger charge is 2.21. The molecule has 1 saturated heterocycles. The first-order chi connectivity index (χ1) is 9.38. The van der Waals surface area contributed by atoms with E-state index in [1.807, 2.05) is 0 Å². The first-order valence-electron chi connectivity index (χ1n) is 6.45. The molecule has 1 aromatic carbocycles. The summed E-state index contributed by atoms with van der Waals surface area (Å²) in [5.74, 6) is -0.410. The van der Waals surface area contributed by atoms with Crippen LogP contribution in [-0.4, -0.2) is 38.3 Å². The summed E-state index contributed by atoms with van der Waals surface area (Å²) in [5, 5.41) is 15.4. The summed E-state index contributed by atoms with van der Waals surface area (Å²) < 4.78 is 23.0. The molecule has 2 rings (SSSR count). The summed E-state index contributed by atoms with van der Waals surface area (Å²) >= 11 is 0. The van der Waals surface area contributed by atoms with Gasteiger partial charge < -0.3 is 15.7 Å². The Bertz CT molecular complexity index is 607. The standard InChI is InChI=1S/C13H18N2O4S/c1-20(18,19)9-5-6-12(16)11(8-9)15-13(17)10-4-2-3-7-14-10/h5-6,8,10,14,16H,2-4,7H2,1H3,(H,15,17)/t10-/m0/s1. The van der Waals surface area contributed by atoms with Gasteiger partial charge in [-0.25, -0.2) is 8.42 Å². The Morgan fingerprint density at radius 3 is 2.75 bits per heavy atom. The van der Waals surface area contributed by atoms with Gasteiger partial charge in [0.2, 0.25) is 5.91 Å². The van der Waals surface area contributed by atoms with Crippen molar-refractivity contribution >= 4 is 21.4 Å². The Morgan fingerprint density at radius 2 is 2.15 bits per heavy atom. The van der Waals surface area contributed by atoms with Gasteiger partial charge in [0.25, 0.3) is 0 Å². The van der Waals surface area contributed by atoms with Crippen molar-refractivity contribution in [1.82, 2.24) is 5.32 Å². The van der Waals surface area contributed by atoms with Gasteiger partial charge >= 0.3 is 0 Å². The summed E-state index contributed by atoms with van der Waals surface area (Å²) in [6, 6.07) is 3.54. The topological polar surface area (TPSA) is 95.5 Å². The lowest BCUT2D eigenvalue weighted by Crippen LogP contribution is -2.43.